The molecule has 0 amide bonds. The highest BCUT2D eigenvalue weighted by molar-refractivity contribution is 7.98. The number of carbonyl (C=O) groups is 1. The molecule has 0 aliphatic carbocycles. The molecule has 4 nitrogen and oxygen atoms in total. The predicted molar refractivity (Wildman–Crippen MR) is 69.8 cm³/mol. The van der Waals surface area contributed by atoms with Crippen LogP contribution in [0.4, 0.5) is 0 Å². The largest absolute Gasteiger partial charge is 0.478 e. The predicted octanol–water partition coefficient (Wildman–Crippen LogP) is 2.66. The molecule has 0 radical (unpaired) electrons. The van der Waals surface area contributed by atoms with Gasteiger partial charge in [-0.25, -0.2) is 9.78 Å². The van der Waals surface area contributed by atoms with Crippen LogP contribution in [0.2, 0.25) is 0 Å². The number of hydrogen-bond acceptors (Lipinski definition) is 3. The van der Waals surface area contributed by atoms with Gasteiger partial charge in [0.05, 0.1) is 22.9 Å². The maximum atomic E-state index is 10.9. The molecule has 17 heavy (non-hydrogen) atoms. The second kappa shape index (κ2) is 4.79. The van der Waals surface area contributed by atoms with E-state index in [1.165, 1.54) is 0 Å². The first kappa shape index (κ1) is 12.0. The zero-order valence-corrected chi connectivity index (χ0v) is 10.6. The van der Waals surface area contributed by atoms with Gasteiger partial charge < -0.3 is 9.67 Å². The molecule has 0 bridgehead atoms. The lowest BCUT2D eigenvalue weighted by Crippen LogP contribution is -2.06. The van der Waals surface area contributed by atoms with Gasteiger partial charge in [-0.3, -0.25) is 0 Å². The van der Waals surface area contributed by atoms with Crippen LogP contribution in [-0.2, 0) is 0 Å². The number of thioether (sulfide) groups is 1. The summed E-state index contributed by atoms with van der Waals surface area (Å²) in [4.78, 5) is 15.2. The molecule has 1 heterocycles. The Bertz CT molecular complexity index is 550. The summed E-state index contributed by atoms with van der Waals surface area (Å²) < 4.78 is 2.03. The van der Waals surface area contributed by atoms with Crippen LogP contribution in [-0.4, -0.2) is 32.6 Å². The highest BCUT2D eigenvalue weighted by Crippen LogP contribution is 2.21. The Morgan fingerprint density at radius 1 is 1.59 bits per heavy atom. The topological polar surface area (TPSA) is 55.1 Å². The molecular formula is C12H14N2O2S. The van der Waals surface area contributed by atoms with E-state index in [1.54, 1.807) is 36.3 Å². The van der Waals surface area contributed by atoms with Crippen molar-refractivity contribution < 1.29 is 9.90 Å². The number of benzene rings is 1. The fraction of sp³-hybridized carbons (Fsp3) is 0.333. The molecule has 5 heteroatoms. The molecule has 1 aromatic heterocycles. The summed E-state index contributed by atoms with van der Waals surface area (Å²) in [5, 5.41) is 8.98. The lowest BCUT2D eigenvalue weighted by atomic mass is 10.2. The molecule has 2 rings (SSSR count). The molecule has 0 aliphatic heterocycles. The van der Waals surface area contributed by atoms with Gasteiger partial charge in [-0.2, -0.15) is 11.8 Å². The summed E-state index contributed by atoms with van der Waals surface area (Å²) in [5.74, 6) is 0.0696. The molecule has 1 aromatic carbocycles. The van der Waals surface area contributed by atoms with Crippen LogP contribution >= 0.6 is 11.8 Å². The second-order valence-corrected chi connectivity index (χ2v) is 4.88. The number of imidazole rings is 1. The maximum absolute atomic E-state index is 10.9. The van der Waals surface area contributed by atoms with Gasteiger partial charge in [-0.15, -0.1) is 0 Å². The summed E-state index contributed by atoms with van der Waals surface area (Å²) in [6.45, 7) is 2.10. The number of aromatic carboxylic acids is 1. The van der Waals surface area contributed by atoms with Crippen molar-refractivity contribution in [3.8, 4) is 0 Å². The lowest BCUT2D eigenvalue weighted by molar-refractivity contribution is 0.0697. The van der Waals surface area contributed by atoms with E-state index in [1.807, 2.05) is 4.57 Å². The third kappa shape index (κ3) is 2.29. The first-order chi connectivity index (χ1) is 8.13. The third-order valence-electron chi connectivity index (χ3n) is 2.70. The average molecular weight is 250 g/mol. The summed E-state index contributed by atoms with van der Waals surface area (Å²) in [7, 11) is 0. The van der Waals surface area contributed by atoms with E-state index < -0.39 is 5.97 Å². The molecule has 1 unspecified atom stereocenters. The van der Waals surface area contributed by atoms with E-state index in [-0.39, 0.29) is 0 Å². The van der Waals surface area contributed by atoms with Gasteiger partial charge in [0.25, 0.3) is 0 Å². The molecule has 2 aromatic rings. The van der Waals surface area contributed by atoms with Gasteiger partial charge in [-0.05, 0) is 31.4 Å². The minimum atomic E-state index is -0.905. The van der Waals surface area contributed by atoms with Crippen molar-refractivity contribution in [1.82, 2.24) is 9.55 Å². The molecule has 0 saturated heterocycles. The smallest absolute Gasteiger partial charge is 0.335 e. The molecular weight excluding hydrogens is 236 g/mol. The normalized spacial score (nSPS) is 12.8. The van der Waals surface area contributed by atoms with Gasteiger partial charge in [-0.1, -0.05) is 0 Å². The van der Waals surface area contributed by atoms with Gasteiger partial charge in [0.2, 0.25) is 0 Å². The average Bonchev–Trinajstić information content (AvgIpc) is 2.71. The molecule has 0 aliphatic rings. The van der Waals surface area contributed by atoms with Crippen LogP contribution in [0.5, 0.6) is 0 Å². The number of carboxylic acid groups (broad SMARTS) is 1. The van der Waals surface area contributed by atoms with Crippen molar-refractivity contribution >= 4 is 28.8 Å². The van der Waals surface area contributed by atoms with Crippen molar-refractivity contribution in [3.63, 3.8) is 0 Å². The van der Waals surface area contributed by atoms with Gasteiger partial charge in [0.15, 0.2) is 0 Å². The zero-order valence-electron chi connectivity index (χ0n) is 9.75. The lowest BCUT2D eigenvalue weighted by Gasteiger charge is -2.12. The number of fused-ring (bicyclic) bond motifs is 1. The highest BCUT2D eigenvalue weighted by Gasteiger charge is 2.11. The summed E-state index contributed by atoms with van der Waals surface area (Å²) in [5.41, 5.74) is 2.02. The van der Waals surface area contributed by atoms with Crippen LogP contribution in [0.25, 0.3) is 11.0 Å². The summed E-state index contributed by atoms with van der Waals surface area (Å²) in [6.07, 6.45) is 3.83. The minimum Gasteiger partial charge on any atom is -0.478 e. The Labute approximate surface area is 104 Å². The number of aromatic nitrogens is 2. The van der Waals surface area contributed by atoms with Gasteiger partial charge >= 0.3 is 5.97 Å². The van der Waals surface area contributed by atoms with E-state index in [2.05, 4.69) is 18.2 Å². The van der Waals surface area contributed by atoms with Crippen molar-refractivity contribution in [2.24, 2.45) is 0 Å². The van der Waals surface area contributed by atoms with E-state index in [9.17, 15) is 4.79 Å². The number of nitrogens with zero attached hydrogens (tertiary/aromatic N) is 2. The first-order valence-corrected chi connectivity index (χ1v) is 6.71. The van der Waals surface area contributed by atoms with Crippen molar-refractivity contribution in [2.45, 2.75) is 13.0 Å². The Balaban J connectivity index is 2.50. The Morgan fingerprint density at radius 3 is 3.00 bits per heavy atom. The molecule has 1 N–H and O–H groups in total. The third-order valence-corrected chi connectivity index (χ3v) is 3.52. The van der Waals surface area contributed by atoms with E-state index in [0.29, 0.717) is 11.6 Å². The Hall–Kier alpha value is -1.49. The maximum Gasteiger partial charge on any atom is 0.335 e. The van der Waals surface area contributed by atoms with Crippen LogP contribution in [0, 0.1) is 0 Å². The Morgan fingerprint density at radius 2 is 2.35 bits per heavy atom. The van der Waals surface area contributed by atoms with E-state index in [4.69, 9.17) is 5.11 Å². The van der Waals surface area contributed by atoms with Crippen molar-refractivity contribution in [1.29, 1.82) is 0 Å². The molecule has 90 valence electrons. The van der Waals surface area contributed by atoms with E-state index in [0.717, 1.165) is 16.8 Å². The zero-order chi connectivity index (χ0) is 12.4. The van der Waals surface area contributed by atoms with Crippen LogP contribution < -0.4 is 0 Å². The number of carboxylic acids is 1. The molecule has 0 spiro atoms. The van der Waals surface area contributed by atoms with E-state index >= 15 is 0 Å². The van der Waals surface area contributed by atoms with Crippen LogP contribution in [0.3, 0.4) is 0 Å². The summed E-state index contributed by atoms with van der Waals surface area (Å²) >= 11 is 1.76. The molecule has 0 fully saturated rings. The quantitative estimate of drug-likeness (QED) is 0.906. The fourth-order valence-electron chi connectivity index (χ4n) is 1.83. The fourth-order valence-corrected chi connectivity index (χ4v) is 2.47. The SMILES string of the molecule is CSCC(C)n1cnc2ccc(C(=O)O)cc21. The summed E-state index contributed by atoms with van der Waals surface area (Å²) in [6, 6.07) is 5.32. The van der Waals surface area contributed by atoms with Crippen molar-refractivity contribution in [3.05, 3.63) is 30.1 Å². The van der Waals surface area contributed by atoms with Gasteiger partial charge in [0, 0.05) is 11.8 Å². The molecule has 0 saturated carbocycles. The van der Waals surface area contributed by atoms with Crippen molar-refractivity contribution in [2.75, 3.05) is 12.0 Å². The van der Waals surface area contributed by atoms with Crippen LogP contribution in [0.15, 0.2) is 24.5 Å². The number of rotatable bonds is 4. The van der Waals surface area contributed by atoms with Crippen LogP contribution in [0.1, 0.15) is 23.3 Å². The standard InChI is InChI=1S/C12H14N2O2S/c1-8(6-17-2)14-7-13-10-4-3-9(12(15)16)5-11(10)14/h3-5,7-8H,6H2,1-2H3,(H,15,16). The minimum absolute atomic E-state index is 0.301. The van der Waals surface area contributed by atoms with Gasteiger partial charge in [0.1, 0.15) is 0 Å². The number of hydrogen-bond donors (Lipinski definition) is 1. The second-order valence-electron chi connectivity index (χ2n) is 3.96. The monoisotopic (exact) mass is 250 g/mol. The Kier molecular flexibility index (Phi) is 3.38. The highest BCUT2D eigenvalue weighted by atomic mass is 32.2. The molecule has 1 atom stereocenters. The first-order valence-electron chi connectivity index (χ1n) is 5.32.